The van der Waals surface area contributed by atoms with Gasteiger partial charge in [0, 0.05) is 22.9 Å². The molecule has 3 nitrogen and oxygen atoms in total. The number of benzene rings is 2. The molecular weight excluding hydrogens is 336 g/mol. The molecule has 24 heavy (non-hydrogen) atoms. The Balaban J connectivity index is 2.00. The number of para-hydroxylation sites is 1. The number of anilines is 1. The molecule has 0 amide bonds. The maximum Gasteiger partial charge on any atom is 0.129 e. The van der Waals surface area contributed by atoms with Crippen molar-refractivity contribution in [3.63, 3.8) is 0 Å². The van der Waals surface area contributed by atoms with E-state index in [1.807, 2.05) is 30.3 Å². The minimum Gasteiger partial charge on any atom is -0.497 e. The topological polar surface area (TPSA) is 26.2 Å². The summed E-state index contributed by atoms with van der Waals surface area (Å²) in [5, 5.41) is 3.63. The highest BCUT2D eigenvalue weighted by atomic mass is 32.1. The highest BCUT2D eigenvalue weighted by Gasteiger charge is 2.34. The predicted octanol–water partition coefficient (Wildman–Crippen LogP) is 5.60. The third-order valence-corrected chi connectivity index (χ3v) is 6.28. The van der Waals surface area contributed by atoms with E-state index in [0.29, 0.717) is 0 Å². The molecule has 5 heteroatoms. The van der Waals surface area contributed by atoms with Gasteiger partial charge >= 0.3 is 0 Å². The molecule has 0 spiro atoms. The first-order valence-corrected chi connectivity index (χ1v) is 8.98. The highest BCUT2D eigenvalue weighted by molar-refractivity contribution is 7.71. The van der Waals surface area contributed by atoms with E-state index in [0.717, 1.165) is 32.9 Å². The van der Waals surface area contributed by atoms with Crippen LogP contribution in [0.15, 0.2) is 48.5 Å². The molecular formula is C19H18N2OS2. The Bertz CT molecular complexity index is 971. The minimum absolute atomic E-state index is 0.188. The van der Waals surface area contributed by atoms with E-state index in [2.05, 4.69) is 41.3 Å². The Morgan fingerprint density at radius 2 is 1.88 bits per heavy atom. The van der Waals surface area contributed by atoms with Gasteiger partial charge in [0.25, 0.3) is 0 Å². The zero-order valence-electron chi connectivity index (χ0n) is 13.8. The Morgan fingerprint density at radius 3 is 2.58 bits per heavy atom. The van der Waals surface area contributed by atoms with Crippen LogP contribution in [-0.4, -0.2) is 11.1 Å². The van der Waals surface area contributed by atoms with Crippen LogP contribution in [-0.2, 0) is 5.54 Å². The van der Waals surface area contributed by atoms with E-state index in [4.69, 9.17) is 17.0 Å². The number of fused-ring (bicyclic) bond motifs is 3. The Morgan fingerprint density at radius 1 is 1.12 bits per heavy atom. The summed E-state index contributed by atoms with van der Waals surface area (Å²) < 4.78 is 8.38. The number of ether oxygens (including phenoxy) is 1. The van der Waals surface area contributed by atoms with Crippen molar-refractivity contribution in [2.75, 3.05) is 12.4 Å². The van der Waals surface area contributed by atoms with Crippen molar-refractivity contribution in [1.29, 1.82) is 0 Å². The lowest BCUT2D eigenvalue weighted by atomic mass is 9.90. The number of hydrogen-bond donors (Lipinski definition) is 1. The largest absolute Gasteiger partial charge is 0.497 e. The molecule has 2 aromatic carbocycles. The average Bonchev–Trinajstić information content (AvgIpc) is 2.94. The number of methoxy groups -OCH3 is 1. The molecule has 0 atom stereocenters. The molecule has 0 saturated heterocycles. The number of hydrogen-bond acceptors (Lipinski definition) is 4. The molecule has 1 aromatic heterocycles. The molecule has 0 unspecified atom stereocenters. The quantitative estimate of drug-likeness (QED) is 0.606. The van der Waals surface area contributed by atoms with Crippen LogP contribution in [0.3, 0.4) is 0 Å². The normalized spacial score (nSPS) is 14.5. The Labute approximate surface area is 150 Å². The standard InChI is InChI=1S/C19H18N2OS2/c1-19(2)17-16(14-10-9-13(22-3)11-15(14)20-19)18(23)21(24-17)12-7-5-4-6-8-12/h4-11,20H,1-3H3. The molecule has 0 bridgehead atoms. The predicted molar refractivity (Wildman–Crippen MR) is 103 cm³/mol. The maximum atomic E-state index is 5.85. The van der Waals surface area contributed by atoms with Gasteiger partial charge in [-0.1, -0.05) is 41.9 Å². The zero-order valence-corrected chi connectivity index (χ0v) is 15.4. The van der Waals surface area contributed by atoms with Gasteiger partial charge in [0.1, 0.15) is 10.4 Å². The Hall–Kier alpha value is -2.11. The van der Waals surface area contributed by atoms with Crippen LogP contribution in [0.25, 0.3) is 16.8 Å². The van der Waals surface area contributed by atoms with Crippen molar-refractivity contribution >= 4 is 29.4 Å². The van der Waals surface area contributed by atoms with Crippen LogP contribution < -0.4 is 10.1 Å². The van der Waals surface area contributed by atoms with Crippen LogP contribution in [0.2, 0.25) is 0 Å². The van der Waals surface area contributed by atoms with Crippen molar-refractivity contribution < 1.29 is 4.74 Å². The molecule has 2 heterocycles. The minimum atomic E-state index is -0.188. The van der Waals surface area contributed by atoms with Crippen molar-refractivity contribution in [2.24, 2.45) is 0 Å². The van der Waals surface area contributed by atoms with E-state index in [1.54, 1.807) is 18.6 Å². The lowest BCUT2D eigenvalue weighted by Gasteiger charge is -2.33. The molecule has 0 aliphatic carbocycles. The molecule has 1 N–H and O–H groups in total. The fourth-order valence-corrected chi connectivity index (χ4v) is 4.79. The molecule has 122 valence electrons. The van der Waals surface area contributed by atoms with E-state index >= 15 is 0 Å². The summed E-state index contributed by atoms with van der Waals surface area (Å²) in [6, 6.07) is 16.4. The number of nitrogens with zero attached hydrogens (tertiary/aromatic N) is 1. The van der Waals surface area contributed by atoms with Crippen LogP contribution in [0.5, 0.6) is 5.75 Å². The lowest BCUT2D eigenvalue weighted by Crippen LogP contribution is -2.30. The lowest BCUT2D eigenvalue weighted by molar-refractivity contribution is 0.415. The summed E-state index contributed by atoms with van der Waals surface area (Å²) in [6.07, 6.45) is 0. The summed E-state index contributed by atoms with van der Waals surface area (Å²) in [5.74, 6) is 0.845. The van der Waals surface area contributed by atoms with Crippen LogP contribution >= 0.6 is 23.8 Å². The molecule has 0 fully saturated rings. The van der Waals surface area contributed by atoms with E-state index < -0.39 is 0 Å². The second kappa shape index (κ2) is 5.46. The third kappa shape index (κ3) is 2.27. The first kappa shape index (κ1) is 15.4. The van der Waals surface area contributed by atoms with E-state index in [1.165, 1.54) is 4.88 Å². The molecule has 4 rings (SSSR count). The fourth-order valence-electron chi connectivity index (χ4n) is 3.14. The van der Waals surface area contributed by atoms with Crippen molar-refractivity contribution in [1.82, 2.24) is 3.96 Å². The van der Waals surface area contributed by atoms with Crippen LogP contribution in [0.4, 0.5) is 5.69 Å². The first-order valence-electron chi connectivity index (χ1n) is 7.80. The summed E-state index contributed by atoms with van der Waals surface area (Å²) in [4.78, 5) is 1.26. The average molecular weight is 355 g/mol. The fraction of sp³-hybridized carbons (Fsp3) is 0.211. The maximum absolute atomic E-state index is 5.85. The van der Waals surface area contributed by atoms with Gasteiger partial charge in [-0.3, -0.25) is 3.96 Å². The second-order valence-electron chi connectivity index (χ2n) is 6.39. The van der Waals surface area contributed by atoms with Crippen LogP contribution in [0.1, 0.15) is 18.7 Å². The van der Waals surface area contributed by atoms with Gasteiger partial charge in [-0.15, -0.1) is 0 Å². The number of nitrogens with one attached hydrogen (secondary N) is 1. The molecule has 1 aliphatic heterocycles. The van der Waals surface area contributed by atoms with Crippen molar-refractivity contribution in [3.8, 4) is 22.6 Å². The summed E-state index contributed by atoms with van der Waals surface area (Å²) >= 11 is 7.56. The van der Waals surface area contributed by atoms with Gasteiger partial charge in [-0.25, -0.2) is 0 Å². The Kier molecular flexibility index (Phi) is 3.51. The molecule has 0 saturated carbocycles. The summed E-state index contributed by atoms with van der Waals surface area (Å²) in [7, 11) is 1.69. The zero-order chi connectivity index (χ0) is 16.9. The molecule has 3 aromatic rings. The van der Waals surface area contributed by atoms with Gasteiger partial charge in [0.05, 0.1) is 23.2 Å². The first-order chi connectivity index (χ1) is 11.5. The SMILES string of the molecule is COc1ccc2c(c1)NC(C)(C)c1sn(-c3ccccc3)c(=S)c1-2. The summed E-state index contributed by atoms with van der Waals surface area (Å²) in [5.41, 5.74) is 4.28. The van der Waals surface area contributed by atoms with Gasteiger partial charge in [0.15, 0.2) is 0 Å². The smallest absolute Gasteiger partial charge is 0.129 e. The monoisotopic (exact) mass is 354 g/mol. The molecule has 0 radical (unpaired) electrons. The van der Waals surface area contributed by atoms with Crippen LogP contribution in [0, 0.1) is 4.64 Å². The summed E-state index contributed by atoms with van der Waals surface area (Å²) in [6.45, 7) is 4.38. The highest BCUT2D eigenvalue weighted by Crippen LogP contribution is 2.48. The second-order valence-corrected chi connectivity index (χ2v) is 7.73. The van der Waals surface area contributed by atoms with Gasteiger partial charge in [-0.2, -0.15) is 0 Å². The van der Waals surface area contributed by atoms with Gasteiger partial charge in [0.2, 0.25) is 0 Å². The van der Waals surface area contributed by atoms with Crippen molar-refractivity contribution in [3.05, 3.63) is 58.0 Å². The number of rotatable bonds is 2. The van der Waals surface area contributed by atoms with Crippen molar-refractivity contribution in [2.45, 2.75) is 19.4 Å². The van der Waals surface area contributed by atoms with Gasteiger partial charge < -0.3 is 10.1 Å². The third-order valence-electron chi connectivity index (χ3n) is 4.31. The van der Waals surface area contributed by atoms with Gasteiger partial charge in [-0.05, 0) is 38.1 Å². The number of aromatic nitrogens is 1. The van der Waals surface area contributed by atoms with E-state index in [-0.39, 0.29) is 5.54 Å². The van der Waals surface area contributed by atoms with E-state index in [9.17, 15) is 0 Å². The molecule has 1 aliphatic rings.